The fourth-order valence-electron chi connectivity index (χ4n) is 2.40. The van der Waals surface area contributed by atoms with Gasteiger partial charge in [0.1, 0.15) is 22.4 Å². The lowest BCUT2D eigenvalue weighted by Gasteiger charge is -2.19. The number of aromatic nitrogens is 2. The van der Waals surface area contributed by atoms with Crippen molar-refractivity contribution in [2.45, 2.75) is 19.0 Å². The van der Waals surface area contributed by atoms with Gasteiger partial charge >= 0.3 is 0 Å². The Balaban J connectivity index is 2.47. The van der Waals surface area contributed by atoms with Gasteiger partial charge in [0.15, 0.2) is 5.16 Å². The average Bonchev–Trinajstić information content (AvgIpc) is 2.63. The number of hydrogen-bond donors (Lipinski definition) is 2. The molecule has 0 radical (unpaired) electrons. The summed E-state index contributed by atoms with van der Waals surface area (Å²) in [6.45, 7) is 4.54. The molecule has 10 heteroatoms. The summed E-state index contributed by atoms with van der Waals surface area (Å²) in [5.74, 6) is -1.80. The average molecular weight is 412 g/mol. The van der Waals surface area contributed by atoms with E-state index in [1.54, 1.807) is 6.26 Å². The Morgan fingerprint density at radius 1 is 1.30 bits per heavy atom. The van der Waals surface area contributed by atoms with E-state index in [0.717, 1.165) is 0 Å². The van der Waals surface area contributed by atoms with Crippen molar-refractivity contribution in [1.29, 1.82) is 0 Å². The number of hydrogen-bond acceptors (Lipinski definition) is 6. The minimum Gasteiger partial charge on any atom is -0.365 e. The van der Waals surface area contributed by atoms with Crippen LogP contribution in [0.4, 0.5) is 15.9 Å². The van der Waals surface area contributed by atoms with Crippen LogP contribution in [-0.4, -0.2) is 46.0 Å². The molecular formula is C17H19ClFN5O2S. The zero-order valence-corrected chi connectivity index (χ0v) is 16.6. The Morgan fingerprint density at radius 2 is 1.96 bits per heavy atom. The maximum Gasteiger partial charge on any atom is 0.256 e. The third kappa shape index (κ3) is 4.67. The van der Waals surface area contributed by atoms with Gasteiger partial charge in [-0.3, -0.25) is 9.59 Å². The molecule has 144 valence electrons. The highest BCUT2D eigenvalue weighted by Gasteiger charge is 2.20. The van der Waals surface area contributed by atoms with Crippen LogP contribution in [-0.2, 0) is 0 Å². The summed E-state index contributed by atoms with van der Waals surface area (Å²) in [5, 5.41) is 3.12. The largest absolute Gasteiger partial charge is 0.365 e. The molecule has 0 atom stereocenters. The number of primary amides is 1. The number of anilines is 2. The van der Waals surface area contributed by atoms with Crippen molar-refractivity contribution >= 4 is 46.7 Å². The summed E-state index contributed by atoms with van der Waals surface area (Å²) in [5.41, 5.74) is 5.55. The second-order valence-electron chi connectivity index (χ2n) is 5.39. The van der Waals surface area contributed by atoms with Crippen LogP contribution in [0.3, 0.4) is 0 Å². The van der Waals surface area contributed by atoms with Crippen LogP contribution in [0.15, 0.2) is 23.4 Å². The van der Waals surface area contributed by atoms with E-state index in [9.17, 15) is 14.0 Å². The molecule has 2 rings (SSSR count). The lowest BCUT2D eigenvalue weighted by molar-refractivity contribution is 0.0768. The lowest BCUT2D eigenvalue weighted by atomic mass is 10.1. The molecule has 1 aromatic heterocycles. The molecule has 1 aromatic carbocycles. The third-order valence-corrected chi connectivity index (χ3v) is 4.60. The highest BCUT2D eigenvalue weighted by atomic mass is 35.5. The highest BCUT2D eigenvalue weighted by molar-refractivity contribution is 7.98. The molecular weight excluding hydrogens is 393 g/mol. The molecule has 0 aliphatic rings. The molecule has 2 amide bonds. The van der Waals surface area contributed by atoms with E-state index in [0.29, 0.717) is 23.9 Å². The molecule has 0 spiro atoms. The first kappa shape index (κ1) is 20.9. The van der Waals surface area contributed by atoms with E-state index in [2.05, 4.69) is 15.3 Å². The Labute approximate surface area is 165 Å². The Kier molecular flexibility index (Phi) is 6.98. The number of amides is 2. The Morgan fingerprint density at radius 3 is 2.52 bits per heavy atom. The van der Waals surface area contributed by atoms with Crippen LogP contribution in [0.2, 0.25) is 5.15 Å². The van der Waals surface area contributed by atoms with E-state index < -0.39 is 17.6 Å². The number of rotatable bonds is 7. The second kappa shape index (κ2) is 9.01. The van der Waals surface area contributed by atoms with Crippen LogP contribution in [0.5, 0.6) is 0 Å². The van der Waals surface area contributed by atoms with Crippen molar-refractivity contribution in [3.63, 3.8) is 0 Å². The summed E-state index contributed by atoms with van der Waals surface area (Å²) in [7, 11) is 0. The first-order valence-corrected chi connectivity index (χ1v) is 9.69. The molecule has 1 heterocycles. The maximum absolute atomic E-state index is 14.2. The zero-order chi connectivity index (χ0) is 20.1. The fraction of sp³-hybridized carbons (Fsp3) is 0.294. The molecule has 27 heavy (non-hydrogen) atoms. The highest BCUT2D eigenvalue weighted by Crippen LogP contribution is 2.27. The second-order valence-corrected chi connectivity index (χ2v) is 6.52. The van der Waals surface area contributed by atoms with E-state index in [1.165, 1.54) is 34.9 Å². The maximum atomic E-state index is 14.2. The van der Waals surface area contributed by atoms with Crippen molar-refractivity contribution in [3.05, 3.63) is 40.3 Å². The number of carbonyl (C=O) groups excluding carboxylic acids is 2. The normalized spacial score (nSPS) is 10.6. The van der Waals surface area contributed by atoms with Crippen LogP contribution in [0, 0.1) is 5.82 Å². The van der Waals surface area contributed by atoms with Crippen molar-refractivity contribution in [1.82, 2.24) is 14.9 Å². The SMILES string of the molecule is CCN(CC)C(=O)c1cc(Nc2nc(SC)nc(Cl)c2C(N)=O)ccc1F. The number of nitrogens with one attached hydrogen (secondary N) is 1. The topological polar surface area (TPSA) is 101 Å². The van der Waals surface area contributed by atoms with Gasteiger partial charge in [0.05, 0.1) is 5.56 Å². The number of carbonyl (C=O) groups is 2. The van der Waals surface area contributed by atoms with Crippen LogP contribution < -0.4 is 11.1 Å². The molecule has 7 nitrogen and oxygen atoms in total. The summed E-state index contributed by atoms with van der Waals surface area (Å²) < 4.78 is 14.2. The predicted octanol–water partition coefficient (Wildman–Crippen LogP) is 3.32. The molecule has 0 fully saturated rings. The van der Waals surface area contributed by atoms with E-state index in [4.69, 9.17) is 17.3 Å². The fourth-order valence-corrected chi connectivity index (χ4v) is 3.08. The van der Waals surface area contributed by atoms with Gasteiger partial charge in [-0.2, -0.15) is 0 Å². The molecule has 0 saturated heterocycles. The number of thioether (sulfide) groups is 1. The quantitative estimate of drug-likeness (QED) is 0.411. The van der Waals surface area contributed by atoms with Gasteiger partial charge in [-0.25, -0.2) is 14.4 Å². The van der Waals surface area contributed by atoms with Crippen LogP contribution in [0.1, 0.15) is 34.6 Å². The van der Waals surface area contributed by atoms with Crippen molar-refractivity contribution < 1.29 is 14.0 Å². The summed E-state index contributed by atoms with van der Waals surface area (Å²) in [4.78, 5) is 33.9. The van der Waals surface area contributed by atoms with E-state index >= 15 is 0 Å². The van der Waals surface area contributed by atoms with Gasteiger partial charge in [-0.1, -0.05) is 23.4 Å². The van der Waals surface area contributed by atoms with Gasteiger partial charge in [-0.15, -0.1) is 0 Å². The van der Waals surface area contributed by atoms with Crippen molar-refractivity contribution in [2.24, 2.45) is 5.73 Å². The third-order valence-electron chi connectivity index (χ3n) is 3.78. The minimum absolute atomic E-state index is 0.0831. The Bertz CT molecular complexity index is 877. The molecule has 2 aromatic rings. The van der Waals surface area contributed by atoms with E-state index in [1.807, 2.05) is 13.8 Å². The van der Waals surface area contributed by atoms with Gasteiger partial charge in [0.25, 0.3) is 11.8 Å². The van der Waals surface area contributed by atoms with Gasteiger partial charge in [-0.05, 0) is 38.3 Å². The number of nitrogens with zero attached hydrogens (tertiary/aromatic N) is 3. The number of nitrogens with two attached hydrogens (primary N) is 1. The van der Waals surface area contributed by atoms with Crippen molar-refractivity contribution in [3.8, 4) is 0 Å². The van der Waals surface area contributed by atoms with Gasteiger partial charge in [0.2, 0.25) is 0 Å². The van der Waals surface area contributed by atoms with Gasteiger partial charge < -0.3 is 16.0 Å². The van der Waals surface area contributed by atoms with Crippen LogP contribution >= 0.6 is 23.4 Å². The minimum atomic E-state index is -0.809. The zero-order valence-electron chi connectivity index (χ0n) is 15.0. The molecule has 0 aliphatic carbocycles. The monoisotopic (exact) mass is 411 g/mol. The number of benzene rings is 1. The summed E-state index contributed by atoms with van der Waals surface area (Å²) in [6.07, 6.45) is 1.75. The predicted molar refractivity (Wildman–Crippen MR) is 104 cm³/mol. The Hall–Kier alpha value is -2.39. The first-order chi connectivity index (χ1) is 12.8. The molecule has 0 unspecified atom stereocenters. The first-order valence-electron chi connectivity index (χ1n) is 8.09. The number of halogens is 2. The molecule has 0 saturated carbocycles. The van der Waals surface area contributed by atoms with E-state index in [-0.39, 0.29) is 22.1 Å². The summed E-state index contributed by atoms with van der Waals surface area (Å²) in [6, 6.07) is 3.95. The van der Waals surface area contributed by atoms with Crippen molar-refractivity contribution in [2.75, 3.05) is 24.7 Å². The lowest BCUT2D eigenvalue weighted by Crippen LogP contribution is -2.31. The van der Waals surface area contributed by atoms with Crippen LogP contribution in [0.25, 0.3) is 0 Å². The molecule has 3 N–H and O–H groups in total. The molecule has 0 bridgehead atoms. The molecule has 0 aliphatic heterocycles. The smallest absolute Gasteiger partial charge is 0.256 e. The van der Waals surface area contributed by atoms with Gasteiger partial charge in [0, 0.05) is 18.8 Å². The summed E-state index contributed by atoms with van der Waals surface area (Å²) >= 11 is 7.26. The standard InChI is InChI=1S/C17H19ClFN5O2S/c1-4-24(5-2)16(26)10-8-9(6-7-11(10)19)21-15-12(14(20)25)13(18)22-17(23-15)27-3/h6-8H,4-5H2,1-3H3,(H2,20,25)(H,21,22,23).